The lowest BCUT2D eigenvalue weighted by Crippen LogP contribution is -2.25. The Bertz CT molecular complexity index is 757. The molecule has 2 aromatic carbocycles. The first-order chi connectivity index (χ1) is 11.0. The minimum Gasteiger partial charge on any atom is -0.389 e. The Morgan fingerprint density at radius 3 is 2.61 bits per heavy atom. The van der Waals surface area contributed by atoms with Crippen molar-refractivity contribution in [3.63, 3.8) is 0 Å². The SMILES string of the molecule is CN[C@H]1CC[C@@H](c2ccc(C)c(Cl)c2)c2ccc(C(N)=S)cc21. The molecule has 2 aromatic rings. The van der Waals surface area contributed by atoms with Gasteiger partial charge < -0.3 is 11.1 Å². The quantitative estimate of drug-likeness (QED) is 0.807. The molecule has 0 amide bonds. The maximum absolute atomic E-state index is 6.34. The molecule has 23 heavy (non-hydrogen) atoms. The van der Waals surface area contributed by atoms with Crippen LogP contribution in [0.25, 0.3) is 0 Å². The van der Waals surface area contributed by atoms with Crippen LogP contribution >= 0.6 is 23.8 Å². The molecular formula is C19H21ClN2S. The standard InChI is InChI=1S/C19H21ClN2S/c1-11-3-4-12(10-17(11)20)14-7-8-18(22-2)16-9-13(19(21)23)5-6-15(14)16/h3-6,9-10,14,18,22H,7-8H2,1-2H3,(H2,21,23)/t14-,18-/m0/s1. The van der Waals surface area contributed by atoms with Gasteiger partial charge in [0, 0.05) is 22.5 Å². The molecule has 120 valence electrons. The van der Waals surface area contributed by atoms with E-state index in [9.17, 15) is 0 Å². The molecule has 0 bridgehead atoms. The fourth-order valence-electron chi connectivity index (χ4n) is 3.46. The predicted molar refractivity (Wildman–Crippen MR) is 101 cm³/mol. The summed E-state index contributed by atoms with van der Waals surface area (Å²) >= 11 is 11.5. The van der Waals surface area contributed by atoms with E-state index in [0.717, 1.165) is 29.0 Å². The van der Waals surface area contributed by atoms with Gasteiger partial charge in [0.05, 0.1) is 0 Å². The van der Waals surface area contributed by atoms with Gasteiger partial charge >= 0.3 is 0 Å². The van der Waals surface area contributed by atoms with Crippen LogP contribution in [0.15, 0.2) is 36.4 Å². The summed E-state index contributed by atoms with van der Waals surface area (Å²) in [6.45, 7) is 2.03. The minimum atomic E-state index is 0.344. The topological polar surface area (TPSA) is 38.0 Å². The van der Waals surface area contributed by atoms with E-state index >= 15 is 0 Å². The van der Waals surface area contributed by atoms with Crippen molar-refractivity contribution in [1.82, 2.24) is 5.32 Å². The lowest BCUT2D eigenvalue weighted by Gasteiger charge is -2.32. The van der Waals surface area contributed by atoms with Gasteiger partial charge in [0.25, 0.3) is 0 Å². The minimum absolute atomic E-state index is 0.344. The summed E-state index contributed by atoms with van der Waals surface area (Å²) in [5.41, 5.74) is 11.8. The van der Waals surface area contributed by atoms with Crippen LogP contribution < -0.4 is 11.1 Å². The maximum atomic E-state index is 6.34. The van der Waals surface area contributed by atoms with E-state index in [0.29, 0.717) is 16.9 Å². The van der Waals surface area contributed by atoms with Gasteiger partial charge in [-0.2, -0.15) is 0 Å². The molecule has 0 aliphatic heterocycles. The average molecular weight is 345 g/mol. The molecule has 1 aliphatic rings. The fraction of sp³-hybridized carbons (Fsp3) is 0.316. The number of nitrogens with one attached hydrogen (secondary N) is 1. The third kappa shape index (κ3) is 3.14. The zero-order valence-corrected chi connectivity index (χ0v) is 15.0. The van der Waals surface area contributed by atoms with E-state index in [1.54, 1.807) is 0 Å². The number of nitrogens with two attached hydrogens (primary N) is 1. The number of rotatable bonds is 3. The second-order valence-corrected chi connectivity index (χ2v) is 7.03. The fourth-order valence-corrected chi connectivity index (χ4v) is 3.78. The lowest BCUT2D eigenvalue weighted by atomic mass is 9.76. The molecule has 0 aromatic heterocycles. The molecule has 0 fully saturated rings. The Balaban J connectivity index is 2.08. The van der Waals surface area contributed by atoms with Gasteiger partial charge in [-0.25, -0.2) is 0 Å². The summed E-state index contributed by atoms with van der Waals surface area (Å²) in [6, 6.07) is 13.1. The number of benzene rings is 2. The summed E-state index contributed by atoms with van der Waals surface area (Å²) in [6.07, 6.45) is 2.19. The van der Waals surface area contributed by atoms with Crippen molar-refractivity contribution in [2.75, 3.05) is 7.05 Å². The smallest absolute Gasteiger partial charge is 0.103 e. The summed E-state index contributed by atoms with van der Waals surface area (Å²) in [5.74, 6) is 0.369. The van der Waals surface area contributed by atoms with Crippen LogP contribution in [0.3, 0.4) is 0 Å². The van der Waals surface area contributed by atoms with Crippen LogP contribution in [-0.2, 0) is 0 Å². The van der Waals surface area contributed by atoms with Gasteiger partial charge in [0.2, 0.25) is 0 Å². The highest BCUT2D eigenvalue weighted by Crippen LogP contribution is 2.42. The first-order valence-electron chi connectivity index (χ1n) is 7.88. The van der Waals surface area contributed by atoms with Crippen molar-refractivity contribution in [3.05, 3.63) is 69.2 Å². The highest BCUT2D eigenvalue weighted by atomic mass is 35.5. The molecule has 2 nitrogen and oxygen atoms in total. The second kappa shape index (κ2) is 6.60. The molecule has 2 atom stereocenters. The second-order valence-electron chi connectivity index (χ2n) is 6.19. The summed E-state index contributed by atoms with van der Waals surface area (Å²) in [5, 5.41) is 4.24. The van der Waals surface area contributed by atoms with Gasteiger partial charge in [0.15, 0.2) is 0 Å². The van der Waals surface area contributed by atoms with Gasteiger partial charge in [-0.15, -0.1) is 0 Å². The predicted octanol–water partition coefficient (Wildman–Crippen LogP) is 4.47. The average Bonchev–Trinajstić information content (AvgIpc) is 2.55. The van der Waals surface area contributed by atoms with Crippen LogP contribution in [0, 0.1) is 6.92 Å². The number of hydrogen-bond donors (Lipinski definition) is 2. The van der Waals surface area contributed by atoms with E-state index in [1.807, 2.05) is 20.0 Å². The van der Waals surface area contributed by atoms with Crippen molar-refractivity contribution in [2.24, 2.45) is 5.73 Å². The van der Waals surface area contributed by atoms with Crippen LogP contribution in [-0.4, -0.2) is 12.0 Å². The van der Waals surface area contributed by atoms with E-state index in [1.165, 1.54) is 16.7 Å². The monoisotopic (exact) mass is 344 g/mol. The van der Waals surface area contributed by atoms with Crippen LogP contribution in [0.5, 0.6) is 0 Å². The number of halogens is 1. The summed E-state index contributed by atoms with van der Waals surface area (Å²) < 4.78 is 0. The highest BCUT2D eigenvalue weighted by Gasteiger charge is 2.28. The molecule has 0 spiro atoms. The Labute approximate surface area is 148 Å². The first kappa shape index (κ1) is 16.4. The van der Waals surface area contributed by atoms with Gasteiger partial charge in [-0.1, -0.05) is 48.1 Å². The summed E-state index contributed by atoms with van der Waals surface area (Å²) in [7, 11) is 2.00. The molecule has 3 rings (SSSR count). The van der Waals surface area contributed by atoms with Crippen molar-refractivity contribution in [1.29, 1.82) is 0 Å². The number of aryl methyl sites for hydroxylation is 1. The van der Waals surface area contributed by atoms with E-state index < -0.39 is 0 Å². The molecule has 0 heterocycles. The molecule has 0 saturated carbocycles. The molecule has 3 N–H and O–H groups in total. The van der Waals surface area contributed by atoms with E-state index in [2.05, 4.69) is 35.6 Å². The van der Waals surface area contributed by atoms with Crippen molar-refractivity contribution in [2.45, 2.75) is 31.7 Å². The molecule has 0 unspecified atom stereocenters. The molecule has 1 aliphatic carbocycles. The van der Waals surface area contributed by atoms with Crippen molar-refractivity contribution < 1.29 is 0 Å². The lowest BCUT2D eigenvalue weighted by molar-refractivity contribution is 0.471. The van der Waals surface area contributed by atoms with E-state index in [4.69, 9.17) is 29.6 Å². The Morgan fingerprint density at radius 2 is 1.96 bits per heavy atom. The third-order valence-corrected chi connectivity index (χ3v) is 5.46. The normalized spacial score (nSPS) is 20.1. The number of fused-ring (bicyclic) bond motifs is 1. The third-order valence-electron chi connectivity index (χ3n) is 4.81. The van der Waals surface area contributed by atoms with Crippen LogP contribution in [0.4, 0.5) is 0 Å². The van der Waals surface area contributed by atoms with Crippen LogP contribution in [0.1, 0.15) is 52.6 Å². The molecule has 4 heteroatoms. The highest BCUT2D eigenvalue weighted by molar-refractivity contribution is 7.80. The molecule has 0 saturated heterocycles. The first-order valence-corrected chi connectivity index (χ1v) is 8.67. The zero-order valence-electron chi connectivity index (χ0n) is 13.4. The van der Waals surface area contributed by atoms with Crippen molar-refractivity contribution >= 4 is 28.8 Å². The molecule has 0 radical (unpaired) electrons. The van der Waals surface area contributed by atoms with Gasteiger partial charge in [0.1, 0.15) is 4.99 Å². The Hall–Kier alpha value is -1.42. The van der Waals surface area contributed by atoms with Crippen LogP contribution in [0.2, 0.25) is 5.02 Å². The zero-order chi connectivity index (χ0) is 16.6. The Kier molecular flexibility index (Phi) is 4.72. The largest absolute Gasteiger partial charge is 0.389 e. The van der Waals surface area contributed by atoms with Crippen molar-refractivity contribution in [3.8, 4) is 0 Å². The molecular weight excluding hydrogens is 324 g/mol. The maximum Gasteiger partial charge on any atom is 0.103 e. The van der Waals surface area contributed by atoms with E-state index in [-0.39, 0.29) is 0 Å². The number of hydrogen-bond acceptors (Lipinski definition) is 2. The Morgan fingerprint density at radius 1 is 1.17 bits per heavy atom. The summed E-state index contributed by atoms with van der Waals surface area (Å²) in [4.78, 5) is 0.447. The number of thiocarbonyl (C=S) groups is 1. The van der Waals surface area contributed by atoms with Gasteiger partial charge in [-0.3, -0.25) is 0 Å². The van der Waals surface area contributed by atoms with Gasteiger partial charge in [-0.05, 0) is 61.2 Å².